The van der Waals surface area contributed by atoms with E-state index >= 15 is 0 Å². The van der Waals surface area contributed by atoms with Crippen molar-refractivity contribution >= 4 is 6.08 Å². The summed E-state index contributed by atoms with van der Waals surface area (Å²) >= 11 is 0. The third-order valence-electron chi connectivity index (χ3n) is 3.33. The summed E-state index contributed by atoms with van der Waals surface area (Å²) in [6, 6.07) is 6.79. The van der Waals surface area contributed by atoms with Gasteiger partial charge in [0.05, 0.1) is 5.56 Å². The number of hydrogen-bond acceptors (Lipinski definition) is 0. The molecule has 0 atom stereocenters. The van der Waals surface area contributed by atoms with Crippen molar-refractivity contribution in [2.24, 2.45) is 0 Å². The molecule has 1 aliphatic carbocycles. The molecule has 3 rings (SSSR count). The molecule has 0 aromatic heterocycles. The zero-order valence-corrected chi connectivity index (χ0v) is 15.3. The van der Waals surface area contributed by atoms with Crippen molar-refractivity contribution < 1.29 is 39.4 Å². The van der Waals surface area contributed by atoms with Crippen LogP contribution in [0.15, 0.2) is 35.9 Å². The molecule has 2 aromatic rings. The van der Waals surface area contributed by atoms with Gasteiger partial charge in [0.25, 0.3) is 0 Å². The van der Waals surface area contributed by atoms with Gasteiger partial charge >= 0.3 is 26.2 Å². The maximum atomic E-state index is 13.9. The Balaban J connectivity index is 0.00000147. The summed E-state index contributed by atoms with van der Waals surface area (Å²) in [5.74, 6) is -2.65. The maximum absolute atomic E-state index is 13.9. The summed E-state index contributed by atoms with van der Waals surface area (Å²) in [7, 11) is 0. The Kier molecular flexibility index (Phi) is 7.51. The molecule has 0 radical (unpaired) electrons. The van der Waals surface area contributed by atoms with Gasteiger partial charge in [-0.1, -0.05) is 29.8 Å². The van der Waals surface area contributed by atoms with Crippen molar-refractivity contribution in [3.63, 3.8) is 0 Å². The molecule has 0 heterocycles. The first kappa shape index (κ1) is 20.9. The molecule has 0 saturated heterocycles. The van der Waals surface area contributed by atoms with Crippen LogP contribution in [0.1, 0.15) is 18.1 Å². The van der Waals surface area contributed by atoms with Crippen LogP contribution in [-0.4, -0.2) is 0 Å². The molecular weight excluding hydrogens is 364 g/mol. The Bertz CT molecular complexity index is 682. The molecule has 0 N–H and O–H groups in total. The molecule has 2 aromatic carbocycles. The molecule has 0 nitrogen and oxygen atoms in total. The van der Waals surface area contributed by atoms with Crippen LogP contribution < -0.4 is 0 Å². The molecule has 22 heavy (non-hydrogen) atoms. The van der Waals surface area contributed by atoms with Gasteiger partial charge < -0.3 is 14.9 Å². The van der Waals surface area contributed by atoms with Gasteiger partial charge in [0, 0.05) is 12.1 Å². The minimum Gasteiger partial charge on any atom is -0.358 e. The number of hydrogen-bond donors (Lipinski definition) is 0. The molecule has 114 valence electrons. The van der Waals surface area contributed by atoms with Crippen LogP contribution in [0.3, 0.4) is 0 Å². The molecule has 0 bridgehead atoms. The first-order chi connectivity index (χ1) is 9.06. The van der Waals surface area contributed by atoms with E-state index in [-0.39, 0.29) is 46.6 Å². The average molecular weight is 382 g/mol. The Labute approximate surface area is 149 Å². The summed E-state index contributed by atoms with van der Waals surface area (Å²) in [5, 5.41) is 0. The molecule has 0 spiro atoms. The van der Waals surface area contributed by atoms with Crippen LogP contribution in [0, 0.1) is 32.3 Å². The maximum Gasteiger partial charge on any atom is 2.00 e. The van der Waals surface area contributed by atoms with Gasteiger partial charge in [0.1, 0.15) is 17.5 Å². The quantitative estimate of drug-likeness (QED) is 0.562. The Morgan fingerprint density at radius 1 is 0.955 bits per heavy atom. The van der Waals surface area contributed by atoms with Crippen molar-refractivity contribution in [3.8, 4) is 11.1 Å². The van der Waals surface area contributed by atoms with Crippen LogP contribution in [0.25, 0.3) is 17.2 Å². The Morgan fingerprint density at radius 3 is 2.14 bits per heavy atom. The number of fused-ring (bicyclic) bond motifs is 1. The van der Waals surface area contributed by atoms with Gasteiger partial charge in [0.15, 0.2) is 0 Å². The van der Waals surface area contributed by atoms with E-state index in [9.17, 15) is 13.2 Å². The first-order valence-electron chi connectivity index (χ1n) is 6.00. The van der Waals surface area contributed by atoms with Gasteiger partial charge in [-0.3, -0.25) is 0 Å². The van der Waals surface area contributed by atoms with Crippen molar-refractivity contribution in [2.45, 2.75) is 13.3 Å². The Morgan fingerprint density at radius 2 is 1.55 bits per heavy atom. The molecule has 0 unspecified atom stereocenters. The topological polar surface area (TPSA) is 0 Å². The molecule has 0 amide bonds. The van der Waals surface area contributed by atoms with Crippen molar-refractivity contribution in [3.05, 3.63) is 79.3 Å². The normalized spacial score (nSPS) is 11.5. The van der Waals surface area contributed by atoms with E-state index in [1.807, 2.05) is 19.1 Å². The second-order valence-corrected chi connectivity index (χ2v) is 4.79. The molecule has 1 aliphatic rings. The SMILES string of the molecule is CC1=Cc2c(cccc2-c2c(F)cc(F)cc2F)C1.[CH3-].[CH3-].[Zr+2]. The molecule has 0 fully saturated rings. The number of halogens is 3. The monoisotopic (exact) mass is 380 g/mol. The summed E-state index contributed by atoms with van der Waals surface area (Å²) in [6.45, 7) is 1.97. The number of allylic oxidation sites excluding steroid dienone is 1. The summed E-state index contributed by atoms with van der Waals surface area (Å²) in [4.78, 5) is 0. The first-order valence-corrected chi connectivity index (χ1v) is 6.00. The van der Waals surface area contributed by atoms with Crippen LogP contribution >= 0.6 is 0 Å². The predicted octanol–water partition coefficient (Wildman–Crippen LogP) is 5.63. The van der Waals surface area contributed by atoms with Crippen molar-refractivity contribution in [1.29, 1.82) is 0 Å². The van der Waals surface area contributed by atoms with Crippen molar-refractivity contribution in [1.82, 2.24) is 0 Å². The van der Waals surface area contributed by atoms with Crippen LogP contribution in [0.5, 0.6) is 0 Å². The summed E-state index contributed by atoms with van der Waals surface area (Å²) in [5.41, 5.74) is 3.32. The van der Waals surface area contributed by atoms with Gasteiger partial charge in [-0.15, -0.1) is 0 Å². The number of rotatable bonds is 1. The zero-order chi connectivity index (χ0) is 13.6. The van der Waals surface area contributed by atoms with Gasteiger partial charge in [-0.2, -0.15) is 0 Å². The number of benzene rings is 2. The van der Waals surface area contributed by atoms with E-state index in [0.29, 0.717) is 17.7 Å². The fourth-order valence-corrected chi connectivity index (χ4v) is 2.55. The fraction of sp³-hybridized carbons (Fsp3) is 0.111. The summed E-state index contributed by atoms with van der Waals surface area (Å²) in [6.07, 6.45) is 2.71. The van der Waals surface area contributed by atoms with Crippen LogP contribution in [0.4, 0.5) is 13.2 Å². The molecular formula is C18H17F3Zr. The van der Waals surface area contributed by atoms with E-state index < -0.39 is 17.5 Å². The molecule has 0 aliphatic heterocycles. The molecule has 0 saturated carbocycles. The minimum atomic E-state index is -0.905. The van der Waals surface area contributed by atoms with E-state index in [1.54, 1.807) is 12.1 Å². The minimum absolute atomic E-state index is 0. The Hall–Kier alpha value is -1.15. The van der Waals surface area contributed by atoms with Crippen LogP contribution in [0.2, 0.25) is 0 Å². The molecule has 4 heteroatoms. The average Bonchev–Trinajstić information content (AvgIpc) is 2.68. The predicted molar refractivity (Wildman–Crippen MR) is 81.9 cm³/mol. The smallest absolute Gasteiger partial charge is 0.358 e. The van der Waals surface area contributed by atoms with Crippen molar-refractivity contribution in [2.75, 3.05) is 0 Å². The van der Waals surface area contributed by atoms with Gasteiger partial charge in [-0.05, 0) is 30.0 Å². The second kappa shape index (κ2) is 7.92. The van der Waals surface area contributed by atoms with Gasteiger partial charge in [-0.25, -0.2) is 13.2 Å². The largest absolute Gasteiger partial charge is 2.00 e. The zero-order valence-electron chi connectivity index (χ0n) is 12.8. The van der Waals surface area contributed by atoms with Gasteiger partial charge in [0.2, 0.25) is 0 Å². The summed E-state index contributed by atoms with van der Waals surface area (Å²) < 4.78 is 40.7. The van der Waals surface area contributed by atoms with Crippen LogP contribution in [-0.2, 0) is 32.6 Å². The third kappa shape index (κ3) is 3.60. The van der Waals surface area contributed by atoms with E-state index in [0.717, 1.165) is 23.1 Å². The van der Waals surface area contributed by atoms with E-state index in [2.05, 4.69) is 0 Å². The van der Waals surface area contributed by atoms with E-state index in [1.165, 1.54) is 0 Å². The third-order valence-corrected chi connectivity index (χ3v) is 3.33. The fourth-order valence-electron chi connectivity index (χ4n) is 2.55. The van der Waals surface area contributed by atoms with E-state index in [4.69, 9.17) is 0 Å². The second-order valence-electron chi connectivity index (χ2n) is 4.79. The standard InChI is InChI=1S/C16H11F3.2CH3.Zr/c1-9-5-10-3-2-4-12(13(10)6-9)16-14(18)7-11(17)8-15(16)19;;;/h2-4,6-8H,5H2,1H3;2*1H3;/q;2*-1;+2.